The van der Waals surface area contributed by atoms with Crippen LogP contribution in [0.4, 0.5) is 8.78 Å². The van der Waals surface area contributed by atoms with Crippen LogP contribution in [0.15, 0.2) is 42.6 Å². The molecule has 0 spiro atoms. The Balaban J connectivity index is 2.13. The van der Waals surface area contributed by atoms with E-state index in [1.54, 1.807) is 37.3 Å². The van der Waals surface area contributed by atoms with Crippen molar-refractivity contribution in [3.8, 4) is 5.75 Å². The highest BCUT2D eigenvalue weighted by atomic mass is 19.3. The Bertz CT molecular complexity index is 645. The summed E-state index contributed by atoms with van der Waals surface area (Å²) < 4.78 is 29.3. The summed E-state index contributed by atoms with van der Waals surface area (Å²) in [4.78, 5) is 16.2. The summed E-state index contributed by atoms with van der Waals surface area (Å²) in [5.74, 6) is -0.279. The second kappa shape index (κ2) is 6.98. The zero-order valence-corrected chi connectivity index (χ0v) is 12.2. The first-order chi connectivity index (χ1) is 10.5. The van der Waals surface area contributed by atoms with Gasteiger partial charge < -0.3 is 10.1 Å². The van der Waals surface area contributed by atoms with Crippen molar-refractivity contribution in [2.24, 2.45) is 0 Å². The van der Waals surface area contributed by atoms with Crippen LogP contribution in [-0.4, -0.2) is 17.5 Å². The SMILES string of the molecule is Cc1ccc(C(=O)N[C@@H](C)c2ccccc2OC(F)F)cn1. The number of benzene rings is 1. The number of rotatable bonds is 5. The molecule has 1 amide bonds. The fourth-order valence-electron chi connectivity index (χ4n) is 2.00. The fourth-order valence-corrected chi connectivity index (χ4v) is 2.00. The molecule has 22 heavy (non-hydrogen) atoms. The van der Waals surface area contributed by atoms with E-state index in [9.17, 15) is 13.6 Å². The number of carbonyl (C=O) groups is 1. The summed E-state index contributed by atoms with van der Waals surface area (Å²) in [5.41, 5.74) is 1.70. The van der Waals surface area contributed by atoms with Crippen molar-refractivity contribution in [3.05, 3.63) is 59.4 Å². The summed E-state index contributed by atoms with van der Waals surface area (Å²) >= 11 is 0. The van der Waals surface area contributed by atoms with E-state index in [1.807, 2.05) is 6.92 Å². The van der Waals surface area contributed by atoms with Crippen molar-refractivity contribution in [2.45, 2.75) is 26.5 Å². The number of nitrogens with one attached hydrogen (secondary N) is 1. The predicted molar refractivity (Wildman–Crippen MR) is 77.9 cm³/mol. The second-order valence-corrected chi connectivity index (χ2v) is 4.80. The Morgan fingerprint density at radius 2 is 1.95 bits per heavy atom. The van der Waals surface area contributed by atoms with Gasteiger partial charge in [0.25, 0.3) is 5.91 Å². The summed E-state index contributed by atoms with van der Waals surface area (Å²) in [7, 11) is 0. The second-order valence-electron chi connectivity index (χ2n) is 4.80. The third kappa shape index (κ3) is 4.00. The molecule has 1 heterocycles. The highest BCUT2D eigenvalue weighted by molar-refractivity contribution is 5.94. The lowest BCUT2D eigenvalue weighted by molar-refractivity contribution is -0.0506. The van der Waals surface area contributed by atoms with E-state index in [0.29, 0.717) is 11.1 Å². The Hall–Kier alpha value is -2.50. The van der Waals surface area contributed by atoms with Crippen LogP contribution in [-0.2, 0) is 0 Å². The maximum atomic E-state index is 12.4. The average molecular weight is 306 g/mol. The number of alkyl halides is 2. The normalized spacial score (nSPS) is 12.0. The zero-order valence-electron chi connectivity index (χ0n) is 12.2. The average Bonchev–Trinajstić information content (AvgIpc) is 2.47. The van der Waals surface area contributed by atoms with E-state index in [-0.39, 0.29) is 11.7 Å². The molecule has 116 valence electrons. The summed E-state index contributed by atoms with van der Waals surface area (Å²) in [6, 6.07) is 9.28. The molecule has 4 nitrogen and oxygen atoms in total. The Morgan fingerprint density at radius 3 is 2.59 bits per heavy atom. The standard InChI is InChI=1S/C16H16F2N2O2/c1-10-7-8-12(9-19-10)15(21)20-11(2)13-5-3-4-6-14(13)22-16(17)18/h3-9,11,16H,1-2H3,(H,20,21)/t11-/m0/s1. The van der Waals surface area contributed by atoms with Crippen molar-refractivity contribution in [1.29, 1.82) is 0 Å². The highest BCUT2D eigenvalue weighted by Crippen LogP contribution is 2.26. The first-order valence-electron chi connectivity index (χ1n) is 6.74. The quantitative estimate of drug-likeness (QED) is 0.920. The number of nitrogens with zero attached hydrogens (tertiary/aromatic N) is 1. The number of ether oxygens (including phenoxy) is 1. The van der Waals surface area contributed by atoms with Crippen LogP contribution in [0.5, 0.6) is 5.75 Å². The summed E-state index contributed by atoms with van der Waals surface area (Å²) in [6.45, 7) is 0.612. The first kappa shape index (κ1) is 15.9. The van der Waals surface area contributed by atoms with Crippen LogP contribution >= 0.6 is 0 Å². The molecule has 0 saturated carbocycles. The van der Waals surface area contributed by atoms with Crippen LogP contribution in [0.3, 0.4) is 0 Å². The number of aryl methyl sites for hydroxylation is 1. The molecule has 0 saturated heterocycles. The van der Waals surface area contributed by atoms with Gasteiger partial charge in [0.15, 0.2) is 0 Å². The minimum absolute atomic E-state index is 0.0485. The number of amides is 1. The smallest absolute Gasteiger partial charge is 0.387 e. The molecular formula is C16H16F2N2O2. The van der Waals surface area contributed by atoms with Gasteiger partial charge in [0, 0.05) is 17.5 Å². The van der Waals surface area contributed by atoms with Gasteiger partial charge in [0.2, 0.25) is 0 Å². The lowest BCUT2D eigenvalue weighted by atomic mass is 10.1. The summed E-state index contributed by atoms with van der Waals surface area (Å²) in [5, 5.41) is 2.74. The molecule has 0 aliphatic heterocycles. The van der Waals surface area contributed by atoms with Crippen molar-refractivity contribution < 1.29 is 18.3 Å². The lowest BCUT2D eigenvalue weighted by Gasteiger charge is -2.18. The van der Waals surface area contributed by atoms with Gasteiger partial charge in [-0.3, -0.25) is 9.78 Å². The van der Waals surface area contributed by atoms with Gasteiger partial charge in [-0.2, -0.15) is 8.78 Å². The maximum absolute atomic E-state index is 12.4. The van der Waals surface area contributed by atoms with Gasteiger partial charge in [-0.05, 0) is 32.0 Å². The molecular weight excluding hydrogens is 290 g/mol. The van der Waals surface area contributed by atoms with E-state index in [4.69, 9.17) is 0 Å². The van der Waals surface area contributed by atoms with Gasteiger partial charge in [-0.15, -0.1) is 0 Å². The van der Waals surface area contributed by atoms with Crippen LogP contribution in [0.1, 0.15) is 34.6 Å². The molecule has 0 unspecified atom stereocenters. The minimum atomic E-state index is -2.91. The third-order valence-electron chi connectivity index (χ3n) is 3.12. The van der Waals surface area contributed by atoms with Gasteiger partial charge in [-0.1, -0.05) is 18.2 Å². The Morgan fingerprint density at radius 1 is 1.23 bits per heavy atom. The molecule has 0 radical (unpaired) electrons. The molecule has 2 aromatic rings. The third-order valence-corrected chi connectivity index (χ3v) is 3.12. The van der Waals surface area contributed by atoms with Crippen LogP contribution < -0.4 is 10.1 Å². The Kier molecular flexibility index (Phi) is 5.04. The highest BCUT2D eigenvalue weighted by Gasteiger charge is 2.17. The van der Waals surface area contributed by atoms with E-state index in [0.717, 1.165) is 5.69 Å². The van der Waals surface area contributed by atoms with Gasteiger partial charge in [0.05, 0.1) is 11.6 Å². The molecule has 0 fully saturated rings. The van der Waals surface area contributed by atoms with Crippen molar-refractivity contribution in [3.63, 3.8) is 0 Å². The minimum Gasteiger partial charge on any atom is -0.434 e. The summed E-state index contributed by atoms with van der Waals surface area (Å²) in [6.07, 6.45) is 1.47. The number of halogens is 2. The van der Waals surface area contributed by atoms with Crippen molar-refractivity contribution >= 4 is 5.91 Å². The molecule has 1 atom stereocenters. The van der Waals surface area contributed by atoms with Crippen LogP contribution in [0.2, 0.25) is 0 Å². The van der Waals surface area contributed by atoms with Gasteiger partial charge >= 0.3 is 6.61 Å². The fraction of sp³-hybridized carbons (Fsp3) is 0.250. The number of para-hydroxylation sites is 1. The predicted octanol–water partition coefficient (Wildman–Crippen LogP) is 3.48. The molecule has 0 aliphatic carbocycles. The number of hydrogen-bond donors (Lipinski definition) is 1. The molecule has 6 heteroatoms. The van der Waals surface area contributed by atoms with E-state index >= 15 is 0 Å². The maximum Gasteiger partial charge on any atom is 0.387 e. The molecule has 1 aromatic heterocycles. The van der Waals surface area contributed by atoms with Crippen molar-refractivity contribution in [2.75, 3.05) is 0 Å². The molecule has 0 aliphatic rings. The number of aromatic nitrogens is 1. The topological polar surface area (TPSA) is 51.2 Å². The van der Waals surface area contributed by atoms with E-state index in [1.165, 1.54) is 12.3 Å². The molecule has 2 rings (SSSR count). The van der Waals surface area contributed by atoms with Gasteiger partial charge in [-0.25, -0.2) is 0 Å². The van der Waals surface area contributed by atoms with Crippen LogP contribution in [0.25, 0.3) is 0 Å². The molecule has 1 N–H and O–H groups in total. The molecule has 1 aromatic carbocycles. The van der Waals surface area contributed by atoms with Gasteiger partial charge in [0.1, 0.15) is 5.75 Å². The number of hydrogen-bond acceptors (Lipinski definition) is 3. The number of pyridine rings is 1. The van der Waals surface area contributed by atoms with E-state index in [2.05, 4.69) is 15.0 Å². The number of carbonyl (C=O) groups excluding carboxylic acids is 1. The van der Waals surface area contributed by atoms with Crippen LogP contribution in [0, 0.1) is 6.92 Å². The molecule has 0 bridgehead atoms. The largest absolute Gasteiger partial charge is 0.434 e. The zero-order chi connectivity index (χ0) is 16.1. The first-order valence-corrected chi connectivity index (χ1v) is 6.74. The van der Waals surface area contributed by atoms with Crippen molar-refractivity contribution in [1.82, 2.24) is 10.3 Å². The Labute approximate surface area is 127 Å². The lowest BCUT2D eigenvalue weighted by Crippen LogP contribution is -2.27. The monoisotopic (exact) mass is 306 g/mol. The van der Waals surface area contributed by atoms with E-state index < -0.39 is 12.7 Å².